The van der Waals surface area contributed by atoms with Gasteiger partial charge in [-0.3, -0.25) is 9.69 Å². The topological polar surface area (TPSA) is 82.7 Å². The second kappa shape index (κ2) is 14.0. The van der Waals surface area contributed by atoms with Crippen molar-refractivity contribution in [3.05, 3.63) is 71.3 Å². The number of guanidine groups is 1. The number of hydrogen-bond acceptors (Lipinski definition) is 3. The minimum Gasteiger partial charge on any atom is -0.366 e. The van der Waals surface area contributed by atoms with E-state index in [-0.39, 0.29) is 24.0 Å². The largest absolute Gasteiger partial charge is 0.366 e. The van der Waals surface area contributed by atoms with Crippen LogP contribution in [0.1, 0.15) is 41.8 Å². The number of halogens is 1. The van der Waals surface area contributed by atoms with Gasteiger partial charge >= 0.3 is 0 Å². The van der Waals surface area contributed by atoms with Crippen molar-refractivity contribution in [2.75, 3.05) is 20.1 Å². The zero-order chi connectivity index (χ0) is 21.1. The van der Waals surface area contributed by atoms with E-state index in [0.717, 1.165) is 37.6 Å². The number of amides is 1. The molecule has 2 rings (SSSR count). The van der Waals surface area contributed by atoms with Crippen LogP contribution in [0.5, 0.6) is 0 Å². The van der Waals surface area contributed by atoms with Gasteiger partial charge in [0.05, 0.1) is 6.54 Å². The number of nitrogens with zero attached hydrogens (tertiary/aromatic N) is 2. The van der Waals surface area contributed by atoms with Gasteiger partial charge in [0, 0.05) is 31.2 Å². The Morgan fingerprint density at radius 1 is 1.10 bits per heavy atom. The van der Waals surface area contributed by atoms with Crippen LogP contribution in [0.25, 0.3) is 0 Å². The molecule has 0 heterocycles. The highest BCUT2D eigenvalue weighted by atomic mass is 127. The monoisotopic (exact) mass is 523 g/mol. The van der Waals surface area contributed by atoms with Crippen LogP contribution in [0.3, 0.4) is 0 Å². The Morgan fingerprint density at radius 3 is 2.47 bits per heavy atom. The Kier molecular flexibility index (Phi) is 12.1. The standard InChI is InChI=1S/C23H33N5O.HI/c1-4-25-23(27-16-20-11-8-12-21(15-20)22(24)29)26-14-13-18(2)28(3)17-19-9-6-5-7-10-19;/h5-12,15,18H,4,13-14,16-17H2,1-3H3,(H2,24,29)(H2,25,26,27);1H. The fourth-order valence-corrected chi connectivity index (χ4v) is 2.98. The van der Waals surface area contributed by atoms with Crippen molar-refractivity contribution < 1.29 is 4.79 Å². The number of carbonyl (C=O) groups is 1. The smallest absolute Gasteiger partial charge is 0.248 e. The molecule has 0 radical (unpaired) electrons. The molecule has 0 aliphatic rings. The van der Waals surface area contributed by atoms with Gasteiger partial charge in [0.25, 0.3) is 0 Å². The summed E-state index contributed by atoms with van der Waals surface area (Å²) in [4.78, 5) is 18.3. The van der Waals surface area contributed by atoms with Crippen LogP contribution in [0.4, 0.5) is 0 Å². The van der Waals surface area contributed by atoms with E-state index < -0.39 is 5.91 Å². The summed E-state index contributed by atoms with van der Waals surface area (Å²) < 4.78 is 0. The van der Waals surface area contributed by atoms with E-state index in [0.29, 0.717) is 18.2 Å². The van der Waals surface area contributed by atoms with E-state index in [1.807, 2.05) is 25.1 Å². The van der Waals surface area contributed by atoms with Gasteiger partial charge in [-0.25, -0.2) is 4.99 Å². The maximum Gasteiger partial charge on any atom is 0.248 e. The molecule has 0 aliphatic heterocycles. The van der Waals surface area contributed by atoms with Gasteiger partial charge < -0.3 is 16.4 Å². The third kappa shape index (κ3) is 9.13. The number of hydrogen-bond donors (Lipinski definition) is 3. The predicted molar refractivity (Wildman–Crippen MR) is 135 cm³/mol. The minimum atomic E-state index is -0.422. The number of nitrogens with one attached hydrogen (secondary N) is 2. The van der Waals surface area contributed by atoms with Crippen molar-refractivity contribution in [2.24, 2.45) is 10.7 Å². The van der Waals surface area contributed by atoms with E-state index in [1.165, 1.54) is 5.56 Å². The first-order chi connectivity index (χ1) is 14.0. The van der Waals surface area contributed by atoms with Gasteiger partial charge in [-0.05, 0) is 50.6 Å². The maximum atomic E-state index is 11.3. The molecule has 0 saturated heterocycles. The van der Waals surface area contributed by atoms with Crippen LogP contribution in [-0.4, -0.2) is 42.9 Å². The highest BCUT2D eigenvalue weighted by molar-refractivity contribution is 14.0. The molecule has 2 aromatic rings. The predicted octanol–water partition coefficient (Wildman–Crippen LogP) is 3.37. The van der Waals surface area contributed by atoms with Crippen LogP contribution < -0.4 is 16.4 Å². The van der Waals surface area contributed by atoms with E-state index >= 15 is 0 Å². The van der Waals surface area contributed by atoms with E-state index in [9.17, 15) is 4.79 Å². The molecule has 1 unspecified atom stereocenters. The molecule has 0 saturated carbocycles. The third-order valence-corrected chi connectivity index (χ3v) is 4.86. The van der Waals surface area contributed by atoms with Crippen LogP contribution in [-0.2, 0) is 13.1 Å². The van der Waals surface area contributed by atoms with Crippen molar-refractivity contribution in [3.8, 4) is 0 Å². The lowest BCUT2D eigenvalue weighted by atomic mass is 10.1. The number of benzene rings is 2. The summed E-state index contributed by atoms with van der Waals surface area (Å²) in [5.41, 5.74) is 8.13. The summed E-state index contributed by atoms with van der Waals surface area (Å²) in [7, 11) is 2.16. The molecule has 0 aliphatic carbocycles. The molecule has 7 heteroatoms. The van der Waals surface area contributed by atoms with Gasteiger partial charge in [-0.1, -0.05) is 42.5 Å². The number of rotatable bonds is 10. The van der Waals surface area contributed by atoms with Crippen molar-refractivity contribution in [1.29, 1.82) is 0 Å². The van der Waals surface area contributed by atoms with E-state index in [4.69, 9.17) is 5.73 Å². The SMILES string of the molecule is CCNC(=NCc1cccc(C(N)=O)c1)NCCC(C)N(C)Cc1ccccc1.I. The second-order valence-electron chi connectivity index (χ2n) is 7.22. The van der Waals surface area contributed by atoms with Crippen molar-refractivity contribution in [3.63, 3.8) is 0 Å². The molecule has 6 nitrogen and oxygen atoms in total. The highest BCUT2D eigenvalue weighted by Crippen LogP contribution is 2.08. The average molecular weight is 523 g/mol. The van der Waals surface area contributed by atoms with Crippen molar-refractivity contribution in [2.45, 2.75) is 39.4 Å². The summed E-state index contributed by atoms with van der Waals surface area (Å²) in [6.45, 7) is 7.32. The number of nitrogens with two attached hydrogens (primary N) is 1. The van der Waals surface area contributed by atoms with E-state index in [2.05, 4.69) is 58.8 Å². The molecule has 0 bridgehead atoms. The summed E-state index contributed by atoms with van der Waals surface area (Å²) >= 11 is 0. The summed E-state index contributed by atoms with van der Waals surface area (Å²) in [5.74, 6) is 0.351. The Balaban J connectivity index is 0.00000450. The molecule has 0 aromatic heterocycles. The van der Waals surface area contributed by atoms with Gasteiger partial charge in [-0.15, -0.1) is 24.0 Å². The Bertz CT molecular complexity index is 797. The number of carbonyl (C=O) groups excluding carboxylic acids is 1. The summed E-state index contributed by atoms with van der Waals surface area (Å²) in [5, 5.41) is 6.67. The zero-order valence-electron chi connectivity index (χ0n) is 18.1. The molecule has 0 spiro atoms. The Labute approximate surface area is 197 Å². The molecular weight excluding hydrogens is 489 g/mol. The first-order valence-corrected chi connectivity index (χ1v) is 10.1. The average Bonchev–Trinajstić information content (AvgIpc) is 2.72. The maximum absolute atomic E-state index is 11.3. The lowest BCUT2D eigenvalue weighted by Gasteiger charge is -2.25. The summed E-state index contributed by atoms with van der Waals surface area (Å²) in [6.07, 6.45) is 1.00. The molecular formula is C23H34IN5O. The van der Waals surface area contributed by atoms with Crippen LogP contribution >= 0.6 is 24.0 Å². The fraction of sp³-hybridized carbons (Fsp3) is 0.391. The normalized spacial score (nSPS) is 12.2. The van der Waals surface area contributed by atoms with Crippen LogP contribution in [0.15, 0.2) is 59.6 Å². The third-order valence-electron chi connectivity index (χ3n) is 4.86. The lowest BCUT2D eigenvalue weighted by Crippen LogP contribution is -2.40. The lowest BCUT2D eigenvalue weighted by molar-refractivity contribution is 0.1000. The summed E-state index contributed by atoms with van der Waals surface area (Å²) in [6, 6.07) is 18.2. The molecule has 2 aromatic carbocycles. The molecule has 164 valence electrons. The highest BCUT2D eigenvalue weighted by Gasteiger charge is 2.10. The second-order valence-corrected chi connectivity index (χ2v) is 7.22. The van der Waals surface area contributed by atoms with E-state index in [1.54, 1.807) is 12.1 Å². The Morgan fingerprint density at radius 2 is 1.80 bits per heavy atom. The van der Waals surface area contributed by atoms with Crippen molar-refractivity contribution >= 4 is 35.8 Å². The number of primary amides is 1. The molecule has 0 fully saturated rings. The zero-order valence-corrected chi connectivity index (χ0v) is 20.4. The van der Waals surface area contributed by atoms with Gasteiger partial charge in [0.1, 0.15) is 0 Å². The number of aliphatic imine (C=N–C) groups is 1. The molecule has 30 heavy (non-hydrogen) atoms. The van der Waals surface area contributed by atoms with Crippen LogP contribution in [0, 0.1) is 0 Å². The van der Waals surface area contributed by atoms with Gasteiger partial charge in [0.2, 0.25) is 5.91 Å². The molecule has 1 atom stereocenters. The first kappa shape index (κ1) is 25.9. The van der Waals surface area contributed by atoms with Gasteiger partial charge in [-0.2, -0.15) is 0 Å². The minimum absolute atomic E-state index is 0. The molecule has 1 amide bonds. The Hall–Kier alpha value is -2.13. The van der Waals surface area contributed by atoms with Gasteiger partial charge in [0.15, 0.2) is 5.96 Å². The quantitative estimate of drug-likeness (QED) is 0.254. The fourth-order valence-electron chi connectivity index (χ4n) is 2.98. The van der Waals surface area contributed by atoms with Crippen LogP contribution in [0.2, 0.25) is 0 Å². The first-order valence-electron chi connectivity index (χ1n) is 10.1. The van der Waals surface area contributed by atoms with Crippen molar-refractivity contribution in [1.82, 2.24) is 15.5 Å². The molecule has 4 N–H and O–H groups in total.